The lowest BCUT2D eigenvalue weighted by atomic mass is 10.2. The molecule has 42 heavy (non-hydrogen) atoms. The van der Waals surface area contributed by atoms with Crippen molar-refractivity contribution in [1.82, 2.24) is 24.4 Å². The first-order valence-electron chi connectivity index (χ1n) is 13.2. The fraction of sp³-hybridized carbons (Fsp3) is 0.241. The van der Waals surface area contributed by atoms with E-state index in [-0.39, 0.29) is 28.4 Å². The van der Waals surface area contributed by atoms with Gasteiger partial charge in [0, 0.05) is 24.3 Å². The lowest BCUT2D eigenvalue weighted by Crippen LogP contribution is -2.30. The SMILES string of the molecule is CCN(CC)S(=O)(=O)c1ccc(C(=O)NCc2nnc(SCC(=O)Nc3ccccc3F)n2-c2cccc(C)c2)cc1. The molecule has 0 bridgehead atoms. The number of carbonyl (C=O) groups excluding carboxylic acids is 2. The van der Waals surface area contributed by atoms with E-state index in [1.165, 1.54) is 46.8 Å². The van der Waals surface area contributed by atoms with Crippen LogP contribution >= 0.6 is 11.8 Å². The first-order chi connectivity index (χ1) is 20.1. The second kappa shape index (κ2) is 13.7. The second-order valence-corrected chi connectivity index (χ2v) is 12.1. The zero-order valence-electron chi connectivity index (χ0n) is 23.4. The number of sulfonamides is 1. The van der Waals surface area contributed by atoms with Crippen molar-refractivity contribution in [3.63, 3.8) is 0 Å². The van der Waals surface area contributed by atoms with E-state index in [4.69, 9.17) is 0 Å². The van der Waals surface area contributed by atoms with Crippen LogP contribution < -0.4 is 10.6 Å². The van der Waals surface area contributed by atoms with Crippen LogP contribution in [0.2, 0.25) is 0 Å². The van der Waals surface area contributed by atoms with Gasteiger partial charge in [-0.1, -0.05) is 49.9 Å². The zero-order valence-corrected chi connectivity index (χ0v) is 25.0. The quantitative estimate of drug-likeness (QED) is 0.228. The van der Waals surface area contributed by atoms with E-state index in [0.29, 0.717) is 24.1 Å². The van der Waals surface area contributed by atoms with Gasteiger partial charge in [-0.2, -0.15) is 4.31 Å². The van der Waals surface area contributed by atoms with Gasteiger partial charge >= 0.3 is 0 Å². The highest BCUT2D eigenvalue weighted by molar-refractivity contribution is 7.99. The molecule has 2 N–H and O–H groups in total. The van der Waals surface area contributed by atoms with Crippen molar-refractivity contribution in [2.24, 2.45) is 0 Å². The largest absolute Gasteiger partial charge is 0.345 e. The van der Waals surface area contributed by atoms with Gasteiger partial charge in [0.1, 0.15) is 5.82 Å². The summed E-state index contributed by atoms with van der Waals surface area (Å²) in [4.78, 5) is 25.6. The molecule has 0 saturated heterocycles. The van der Waals surface area contributed by atoms with Crippen LogP contribution in [0.5, 0.6) is 0 Å². The molecule has 0 radical (unpaired) electrons. The minimum absolute atomic E-state index is 0.0151. The number of rotatable bonds is 12. The molecule has 0 saturated carbocycles. The smallest absolute Gasteiger partial charge is 0.251 e. The monoisotopic (exact) mass is 610 g/mol. The van der Waals surface area contributed by atoms with Crippen LogP contribution in [0.15, 0.2) is 82.8 Å². The van der Waals surface area contributed by atoms with Gasteiger partial charge in [-0.15, -0.1) is 10.2 Å². The summed E-state index contributed by atoms with van der Waals surface area (Å²) in [5, 5.41) is 14.3. The maximum atomic E-state index is 13.9. The molecule has 13 heteroatoms. The van der Waals surface area contributed by atoms with Crippen LogP contribution in [0, 0.1) is 12.7 Å². The molecule has 0 aliphatic heterocycles. The number of hydrogen-bond donors (Lipinski definition) is 2. The average molecular weight is 611 g/mol. The van der Waals surface area contributed by atoms with Crippen LogP contribution in [0.3, 0.4) is 0 Å². The Morgan fingerprint density at radius 3 is 2.36 bits per heavy atom. The first-order valence-corrected chi connectivity index (χ1v) is 15.6. The third-order valence-electron chi connectivity index (χ3n) is 6.31. The Kier molecular flexibility index (Phi) is 10.1. The summed E-state index contributed by atoms with van der Waals surface area (Å²) in [6.45, 7) is 6.18. The van der Waals surface area contributed by atoms with Gasteiger partial charge in [0.15, 0.2) is 11.0 Å². The zero-order chi connectivity index (χ0) is 30.3. The fourth-order valence-corrected chi connectivity index (χ4v) is 6.39. The number of benzene rings is 3. The van der Waals surface area contributed by atoms with Crippen LogP contribution in [0.1, 0.15) is 35.6 Å². The molecule has 1 heterocycles. The average Bonchev–Trinajstić information content (AvgIpc) is 3.39. The number of carbonyl (C=O) groups is 2. The Morgan fingerprint density at radius 1 is 0.976 bits per heavy atom. The van der Waals surface area contributed by atoms with Gasteiger partial charge in [0.25, 0.3) is 5.91 Å². The topological polar surface area (TPSA) is 126 Å². The first kappa shape index (κ1) is 30.9. The maximum Gasteiger partial charge on any atom is 0.251 e. The van der Waals surface area contributed by atoms with Gasteiger partial charge in [0.2, 0.25) is 15.9 Å². The molecule has 0 aliphatic carbocycles. The number of aromatic nitrogens is 3. The Labute approximate surface area is 248 Å². The van der Waals surface area contributed by atoms with Crippen LogP contribution in [-0.4, -0.2) is 58.1 Å². The van der Waals surface area contributed by atoms with Crippen molar-refractivity contribution in [3.8, 4) is 5.69 Å². The second-order valence-electron chi connectivity index (χ2n) is 9.19. The maximum absolute atomic E-state index is 13.9. The predicted octanol–water partition coefficient (Wildman–Crippen LogP) is 4.41. The number of halogens is 1. The fourth-order valence-electron chi connectivity index (χ4n) is 4.17. The van der Waals surface area contributed by atoms with E-state index < -0.39 is 27.7 Å². The molecule has 0 spiro atoms. The lowest BCUT2D eigenvalue weighted by Gasteiger charge is -2.18. The minimum atomic E-state index is -3.64. The third-order valence-corrected chi connectivity index (χ3v) is 9.30. The number of aryl methyl sites for hydroxylation is 1. The predicted molar refractivity (Wildman–Crippen MR) is 160 cm³/mol. The molecular formula is C29H31FN6O4S2. The van der Waals surface area contributed by atoms with Gasteiger partial charge in [0.05, 0.1) is 22.9 Å². The normalized spacial score (nSPS) is 11.5. The van der Waals surface area contributed by atoms with Crippen LogP contribution in [0.4, 0.5) is 10.1 Å². The van der Waals surface area contributed by atoms with Crippen molar-refractivity contribution in [2.75, 3.05) is 24.2 Å². The summed E-state index contributed by atoms with van der Waals surface area (Å²) in [7, 11) is -3.64. The summed E-state index contributed by atoms with van der Waals surface area (Å²) in [6.07, 6.45) is 0. The minimum Gasteiger partial charge on any atom is -0.345 e. The van der Waals surface area contributed by atoms with E-state index in [0.717, 1.165) is 23.0 Å². The molecular weight excluding hydrogens is 579 g/mol. The lowest BCUT2D eigenvalue weighted by molar-refractivity contribution is -0.113. The van der Waals surface area contributed by atoms with Crippen LogP contribution in [-0.2, 0) is 21.4 Å². The Hall–Kier alpha value is -4.07. The van der Waals surface area contributed by atoms with Crippen molar-refractivity contribution in [1.29, 1.82) is 0 Å². The van der Waals surface area contributed by atoms with Crippen molar-refractivity contribution in [2.45, 2.75) is 37.4 Å². The molecule has 0 aliphatic rings. The summed E-state index contributed by atoms with van der Waals surface area (Å²) in [5.74, 6) is -0.985. The Bertz CT molecular complexity index is 1670. The third kappa shape index (κ3) is 7.22. The highest BCUT2D eigenvalue weighted by atomic mass is 32.2. The molecule has 220 valence electrons. The molecule has 0 atom stereocenters. The highest BCUT2D eigenvalue weighted by Gasteiger charge is 2.22. The molecule has 10 nitrogen and oxygen atoms in total. The molecule has 2 amide bonds. The summed E-state index contributed by atoms with van der Waals surface area (Å²) >= 11 is 1.12. The highest BCUT2D eigenvalue weighted by Crippen LogP contribution is 2.24. The number of thioether (sulfide) groups is 1. The van der Waals surface area contributed by atoms with Gasteiger partial charge in [-0.05, 0) is 61.0 Å². The number of nitrogens with zero attached hydrogens (tertiary/aromatic N) is 4. The molecule has 4 aromatic rings. The van der Waals surface area contributed by atoms with Crippen molar-refractivity contribution in [3.05, 3.63) is 95.6 Å². The van der Waals surface area contributed by atoms with Gasteiger partial charge < -0.3 is 10.6 Å². The number of anilines is 1. The molecule has 4 rings (SSSR count). The van der Waals surface area contributed by atoms with E-state index in [9.17, 15) is 22.4 Å². The summed E-state index contributed by atoms with van der Waals surface area (Å²) in [5.41, 5.74) is 2.11. The number of nitrogens with one attached hydrogen (secondary N) is 2. The van der Waals surface area contributed by atoms with E-state index in [1.807, 2.05) is 31.2 Å². The van der Waals surface area contributed by atoms with E-state index >= 15 is 0 Å². The Morgan fingerprint density at radius 2 is 1.69 bits per heavy atom. The molecule has 1 aromatic heterocycles. The number of para-hydroxylation sites is 1. The summed E-state index contributed by atoms with van der Waals surface area (Å²) < 4.78 is 42.5. The van der Waals surface area contributed by atoms with E-state index in [2.05, 4.69) is 20.8 Å². The van der Waals surface area contributed by atoms with Crippen molar-refractivity contribution >= 4 is 39.3 Å². The van der Waals surface area contributed by atoms with Gasteiger partial charge in [-0.3, -0.25) is 14.2 Å². The molecule has 0 unspecified atom stereocenters. The molecule has 3 aromatic carbocycles. The van der Waals surface area contributed by atoms with E-state index in [1.54, 1.807) is 24.5 Å². The van der Waals surface area contributed by atoms with Gasteiger partial charge in [-0.25, -0.2) is 12.8 Å². The van der Waals surface area contributed by atoms with Crippen LogP contribution in [0.25, 0.3) is 5.69 Å². The number of amides is 2. The summed E-state index contributed by atoms with van der Waals surface area (Å²) in [6, 6.07) is 19.3. The standard InChI is InChI=1S/C29H31FN6O4S2/c1-4-35(5-2)42(39,40)23-15-13-21(14-16-23)28(38)31-18-26-33-34-29(36(26)22-10-8-9-20(3)17-22)41-19-27(37)32-25-12-7-6-11-24(25)30/h6-17H,4-5,18-19H2,1-3H3,(H,31,38)(H,32,37). The molecule has 0 fully saturated rings. The Balaban J connectivity index is 1.49. The van der Waals surface area contributed by atoms with Crippen molar-refractivity contribution < 1.29 is 22.4 Å². The number of hydrogen-bond acceptors (Lipinski definition) is 7.